The number of anilines is 1. The van der Waals surface area contributed by atoms with E-state index in [2.05, 4.69) is 20.9 Å². The van der Waals surface area contributed by atoms with Crippen molar-refractivity contribution in [2.24, 2.45) is 11.8 Å². The van der Waals surface area contributed by atoms with Gasteiger partial charge in [-0.2, -0.15) is 0 Å². The predicted molar refractivity (Wildman–Crippen MR) is 105 cm³/mol. The SMILES string of the molecule is O=C([C@@H]1CC[C@@H]2C[C@H]3C[C@@H]3CCC(=O)N21)N1C[C@H]2[C@@H]1CCN2c1cccnc1. The van der Waals surface area contributed by atoms with Crippen LogP contribution in [0.2, 0.25) is 0 Å². The molecule has 148 valence electrons. The first-order chi connectivity index (χ1) is 13.7. The van der Waals surface area contributed by atoms with Gasteiger partial charge in [-0.15, -0.1) is 0 Å². The third kappa shape index (κ3) is 2.49. The zero-order chi connectivity index (χ0) is 18.8. The summed E-state index contributed by atoms with van der Waals surface area (Å²) in [5, 5.41) is 0. The maximum atomic E-state index is 13.4. The minimum absolute atomic E-state index is 0.207. The largest absolute Gasteiger partial charge is 0.363 e. The first kappa shape index (κ1) is 16.8. The number of likely N-dealkylation sites (tertiary alicyclic amines) is 1. The highest BCUT2D eigenvalue weighted by Crippen LogP contribution is 2.49. The number of nitrogens with zero attached hydrogens (tertiary/aromatic N) is 4. The average molecular weight is 380 g/mol. The summed E-state index contributed by atoms with van der Waals surface area (Å²) in [7, 11) is 0. The van der Waals surface area contributed by atoms with Gasteiger partial charge in [0.15, 0.2) is 0 Å². The number of pyridine rings is 1. The molecule has 6 nitrogen and oxygen atoms in total. The fourth-order valence-corrected chi connectivity index (χ4v) is 6.38. The zero-order valence-corrected chi connectivity index (χ0v) is 16.2. The molecule has 0 spiro atoms. The molecule has 0 aromatic carbocycles. The van der Waals surface area contributed by atoms with Crippen LogP contribution in [0.3, 0.4) is 0 Å². The third-order valence-electron chi connectivity index (χ3n) is 8.00. The standard InChI is InChI=1S/C22H28N4O2/c27-21-6-3-14-10-15(14)11-16-4-5-19(26(16)21)22(28)25-13-20-18(25)7-9-24(20)17-2-1-8-23-12-17/h1-2,8,12,14-16,18-20H,3-7,9-11,13H2/t14-,15+,16+,18-,19-,20-/m0/s1. The molecule has 5 fully saturated rings. The number of hydrogen-bond donors (Lipinski definition) is 0. The molecule has 4 saturated heterocycles. The first-order valence-corrected chi connectivity index (χ1v) is 11.0. The Hall–Kier alpha value is -2.11. The van der Waals surface area contributed by atoms with Crippen LogP contribution in [-0.4, -0.2) is 63.9 Å². The minimum Gasteiger partial charge on any atom is -0.363 e. The molecule has 1 saturated carbocycles. The van der Waals surface area contributed by atoms with E-state index in [-0.39, 0.29) is 17.9 Å². The molecule has 5 heterocycles. The summed E-state index contributed by atoms with van der Waals surface area (Å²) < 4.78 is 0. The normalized spacial score (nSPS) is 38.9. The maximum Gasteiger partial charge on any atom is 0.245 e. The van der Waals surface area contributed by atoms with Gasteiger partial charge in [-0.3, -0.25) is 14.6 Å². The van der Waals surface area contributed by atoms with Gasteiger partial charge in [0.1, 0.15) is 6.04 Å². The van der Waals surface area contributed by atoms with Gasteiger partial charge in [-0.05, 0) is 62.5 Å². The smallest absolute Gasteiger partial charge is 0.245 e. The Balaban J connectivity index is 1.16. The first-order valence-electron chi connectivity index (χ1n) is 11.0. The van der Waals surface area contributed by atoms with Crippen molar-refractivity contribution in [2.75, 3.05) is 18.0 Å². The van der Waals surface area contributed by atoms with Gasteiger partial charge in [0.25, 0.3) is 0 Å². The molecule has 6 heteroatoms. The molecular formula is C22H28N4O2. The summed E-state index contributed by atoms with van der Waals surface area (Å²) in [6, 6.07) is 4.88. The van der Waals surface area contributed by atoms with E-state index in [1.54, 1.807) is 6.20 Å². The van der Waals surface area contributed by atoms with E-state index < -0.39 is 0 Å². The summed E-state index contributed by atoms with van der Waals surface area (Å²) in [6.07, 6.45) is 10.7. The van der Waals surface area contributed by atoms with Crippen molar-refractivity contribution in [2.45, 2.75) is 69.1 Å². The molecular weight excluding hydrogens is 352 g/mol. The summed E-state index contributed by atoms with van der Waals surface area (Å²) in [4.78, 5) is 37.0. The van der Waals surface area contributed by atoms with Crippen molar-refractivity contribution in [3.63, 3.8) is 0 Å². The van der Waals surface area contributed by atoms with Gasteiger partial charge in [-0.1, -0.05) is 0 Å². The predicted octanol–water partition coefficient (Wildman–Crippen LogP) is 2.05. The van der Waals surface area contributed by atoms with Gasteiger partial charge < -0.3 is 14.7 Å². The summed E-state index contributed by atoms with van der Waals surface area (Å²) in [5.74, 6) is 2.03. The van der Waals surface area contributed by atoms with Crippen molar-refractivity contribution in [3.05, 3.63) is 24.5 Å². The van der Waals surface area contributed by atoms with Crippen molar-refractivity contribution >= 4 is 17.5 Å². The Morgan fingerprint density at radius 1 is 1.07 bits per heavy atom. The minimum atomic E-state index is -0.207. The van der Waals surface area contributed by atoms with Gasteiger partial charge in [0, 0.05) is 31.7 Å². The monoisotopic (exact) mass is 380 g/mol. The van der Waals surface area contributed by atoms with Crippen LogP contribution in [0.25, 0.3) is 0 Å². The Kier molecular flexibility index (Phi) is 3.72. The van der Waals surface area contributed by atoms with Crippen LogP contribution in [-0.2, 0) is 9.59 Å². The third-order valence-corrected chi connectivity index (χ3v) is 8.00. The van der Waals surface area contributed by atoms with Crippen LogP contribution < -0.4 is 4.90 Å². The molecule has 1 aliphatic carbocycles. The van der Waals surface area contributed by atoms with Crippen LogP contribution in [0, 0.1) is 11.8 Å². The fourth-order valence-electron chi connectivity index (χ4n) is 6.38. The van der Waals surface area contributed by atoms with Crippen LogP contribution >= 0.6 is 0 Å². The summed E-state index contributed by atoms with van der Waals surface area (Å²) in [5.41, 5.74) is 1.15. The summed E-state index contributed by atoms with van der Waals surface area (Å²) in [6.45, 7) is 1.76. The van der Waals surface area contributed by atoms with E-state index >= 15 is 0 Å². The van der Waals surface area contributed by atoms with Gasteiger partial charge in [0.2, 0.25) is 11.8 Å². The number of carbonyl (C=O) groups excluding carboxylic acids is 2. The van der Waals surface area contributed by atoms with Crippen molar-refractivity contribution in [3.8, 4) is 0 Å². The van der Waals surface area contributed by atoms with Gasteiger partial charge in [-0.25, -0.2) is 0 Å². The molecule has 28 heavy (non-hydrogen) atoms. The lowest BCUT2D eigenvalue weighted by atomic mass is 9.95. The molecule has 4 aliphatic heterocycles. The molecule has 6 atom stereocenters. The van der Waals surface area contributed by atoms with Crippen LogP contribution in [0.15, 0.2) is 24.5 Å². The van der Waals surface area contributed by atoms with E-state index in [4.69, 9.17) is 0 Å². The molecule has 5 aliphatic rings. The van der Waals surface area contributed by atoms with Gasteiger partial charge in [0.05, 0.1) is 24.0 Å². The summed E-state index contributed by atoms with van der Waals surface area (Å²) >= 11 is 0. The highest BCUT2D eigenvalue weighted by Gasteiger charge is 2.54. The van der Waals surface area contributed by atoms with Crippen molar-refractivity contribution in [1.29, 1.82) is 0 Å². The molecule has 0 N–H and O–H groups in total. The average Bonchev–Trinajstić information content (AvgIpc) is 3.13. The molecule has 1 aromatic heterocycles. The molecule has 0 bridgehead atoms. The zero-order valence-electron chi connectivity index (χ0n) is 16.2. The second kappa shape index (κ2) is 6.19. The quantitative estimate of drug-likeness (QED) is 0.788. The molecule has 2 amide bonds. The van der Waals surface area contributed by atoms with E-state index in [1.807, 2.05) is 17.2 Å². The number of carbonyl (C=O) groups is 2. The highest BCUT2D eigenvalue weighted by atomic mass is 16.2. The van der Waals surface area contributed by atoms with E-state index in [1.165, 1.54) is 6.42 Å². The fraction of sp³-hybridized carbons (Fsp3) is 0.682. The van der Waals surface area contributed by atoms with Crippen LogP contribution in [0.5, 0.6) is 0 Å². The molecule has 0 unspecified atom stereocenters. The number of fused-ring (bicyclic) bond motifs is 3. The number of rotatable bonds is 2. The second-order valence-corrected chi connectivity index (χ2v) is 9.40. The molecule has 1 aromatic rings. The lowest BCUT2D eigenvalue weighted by Gasteiger charge is -2.49. The number of amides is 2. The van der Waals surface area contributed by atoms with E-state index in [9.17, 15) is 9.59 Å². The Labute approximate surface area is 165 Å². The number of hydrogen-bond acceptors (Lipinski definition) is 4. The van der Waals surface area contributed by atoms with E-state index in [0.29, 0.717) is 24.5 Å². The Bertz CT molecular complexity index is 799. The van der Waals surface area contributed by atoms with Gasteiger partial charge >= 0.3 is 0 Å². The van der Waals surface area contributed by atoms with E-state index in [0.717, 1.165) is 62.7 Å². The molecule has 6 rings (SSSR count). The highest BCUT2D eigenvalue weighted by molar-refractivity contribution is 5.89. The maximum absolute atomic E-state index is 13.4. The van der Waals surface area contributed by atoms with Crippen molar-refractivity contribution in [1.82, 2.24) is 14.8 Å². The Morgan fingerprint density at radius 3 is 2.86 bits per heavy atom. The van der Waals surface area contributed by atoms with Crippen LogP contribution in [0.1, 0.15) is 44.9 Å². The molecule has 0 radical (unpaired) electrons. The van der Waals surface area contributed by atoms with Crippen molar-refractivity contribution < 1.29 is 9.59 Å². The topological polar surface area (TPSA) is 56.8 Å². The number of aromatic nitrogens is 1. The van der Waals surface area contributed by atoms with Crippen LogP contribution in [0.4, 0.5) is 5.69 Å². The lowest BCUT2D eigenvalue weighted by molar-refractivity contribution is -0.151. The second-order valence-electron chi connectivity index (χ2n) is 9.40. The lowest BCUT2D eigenvalue weighted by Crippen LogP contribution is -2.66. The Morgan fingerprint density at radius 2 is 2.00 bits per heavy atom.